The molecule has 2 atom stereocenters. The van der Waals surface area contributed by atoms with E-state index in [9.17, 15) is 13.2 Å². The second-order valence-electron chi connectivity index (χ2n) is 8.66. The highest BCUT2D eigenvalue weighted by Crippen LogP contribution is 2.49. The number of aryl methyl sites for hydroxylation is 1. The van der Waals surface area contributed by atoms with Crippen LogP contribution in [0.4, 0.5) is 19.0 Å². The van der Waals surface area contributed by atoms with Gasteiger partial charge in [-0.2, -0.15) is 0 Å². The van der Waals surface area contributed by atoms with Crippen molar-refractivity contribution in [3.63, 3.8) is 0 Å². The van der Waals surface area contributed by atoms with Crippen LogP contribution in [0.15, 0.2) is 18.2 Å². The van der Waals surface area contributed by atoms with Crippen LogP contribution in [0.5, 0.6) is 0 Å². The van der Waals surface area contributed by atoms with Gasteiger partial charge in [0.25, 0.3) is 6.43 Å². The minimum Gasteiger partial charge on any atom is -0.379 e. The molecule has 3 aliphatic rings. The molecule has 0 amide bonds. The van der Waals surface area contributed by atoms with Crippen molar-refractivity contribution in [2.45, 2.75) is 44.2 Å². The first-order valence-corrected chi connectivity index (χ1v) is 11.0. The maximum absolute atomic E-state index is 14.9. The van der Waals surface area contributed by atoms with Crippen LogP contribution in [0, 0.1) is 5.82 Å². The summed E-state index contributed by atoms with van der Waals surface area (Å²) >= 11 is 6.23. The van der Waals surface area contributed by atoms with Gasteiger partial charge in [0.05, 0.1) is 30.0 Å². The molecule has 1 aromatic carbocycles. The van der Waals surface area contributed by atoms with E-state index in [4.69, 9.17) is 16.3 Å². The third-order valence-electron chi connectivity index (χ3n) is 6.82. The van der Waals surface area contributed by atoms with Crippen LogP contribution >= 0.6 is 11.6 Å². The minimum absolute atomic E-state index is 0.162. The van der Waals surface area contributed by atoms with E-state index in [-0.39, 0.29) is 10.8 Å². The number of hydrogen-bond donors (Lipinski definition) is 0. The zero-order valence-electron chi connectivity index (χ0n) is 17.3. The molecule has 0 spiro atoms. The molecule has 2 aliphatic heterocycles. The fraction of sp³-hybridized carbons (Fsp3) is 0.545. The van der Waals surface area contributed by atoms with E-state index in [1.165, 1.54) is 6.07 Å². The van der Waals surface area contributed by atoms with E-state index in [0.717, 1.165) is 62.9 Å². The quantitative estimate of drug-likeness (QED) is 0.515. The second-order valence-corrected chi connectivity index (χ2v) is 8.99. The number of alkyl halides is 2. The van der Waals surface area contributed by atoms with Crippen molar-refractivity contribution in [3.05, 3.63) is 51.7 Å². The van der Waals surface area contributed by atoms with Gasteiger partial charge in [0.1, 0.15) is 11.6 Å². The lowest BCUT2D eigenvalue weighted by molar-refractivity contribution is 0.0136. The Kier molecular flexibility index (Phi) is 5.35. The average molecular weight is 453 g/mol. The Labute approximate surface area is 184 Å². The maximum Gasteiger partial charge on any atom is 0.266 e. The average Bonchev–Trinajstić information content (AvgIpc) is 3.45. The molecular weight excluding hydrogens is 429 g/mol. The Bertz CT molecular complexity index is 1000. The van der Waals surface area contributed by atoms with Crippen molar-refractivity contribution in [3.8, 4) is 0 Å². The number of nitrogens with zero attached hydrogens (tertiary/aromatic N) is 4. The predicted molar refractivity (Wildman–Crippen MR) is 111 cm³/mol. The Morgan fingerprint density at radius 2 is 2.00 bits per heavy atom. The molecule has 31 heavy (non-hydrogen) atoms. The fourth-order valence-corrected chi connectivity index (χ4v) is 5.15. The topological polar surface area (TPSA) is 41.3 Å². The Morgan fingerprint density at radius 1 is 1.23 bits per heavy atom. The van der Waals surface area contributed by atoms with Crippen LogP contribution in [0.3, 0.4) is 0 Å². The lowest BCUT2D eigenvalue weighted by Gasteiger charge is -2.37. The molecule has 0 unspecified atom stereocenters. The van der Waals surface area contributed by atoms with Crippen molar-refractivity contribution in [2.75, 3.05) is 37.7 Å². The molecule has 5 rings (SSSR count). The highest BCUT2D eigenvalue weighted by atomic mass is 35.5. The van der Waals surface area contributed by atoms with Gasteiger partial charge < -0.3 is 9.64 Å². The number of fused-ring (bicyclic) bond motifs is 1. The van der Waals surface area contributed by atoms with Crippen LogP contribution in [0.2, 0.25) is 5.28 Å². The normalized spacial score (nSPS) is 26.3. The standard InChI is InChI=1S/C22H24ClF3N4O/c1-22(16-4-2-3-14(18(16)24)19(25)26)12-30(22)20-15-11-13(29-7-9-31-10-8-29)5-6-17(15)27-21(23)28-20/h2-4,13,19H,5-12H2,1H3/t13-,22+,30?/m0/s1. The molecule has 0 bridgehead atoms. The molecular formula is C22H24ClF3N4O. The van der Waals surface area contributed by atoms with Gasteiger partial charge >= 0.3 is 0 Å². The van der Waals surface area contributed by atoms with Gasteiger partial charge in [0.15, 0.2) is 0 Å². The summed E-state index contributed by atoms with van der Waals surface area (Å²) in [5.41, 5.74) is 0.902. The van der Waals surface area contributed by atoms with Gasteiger partial charge in [0.2, 0.25) is 5.28 Å². The summed E-state index contributed by atoms with van der Waals surface area (Å²) in [6.07, 6.45) is -0.283. The smallest absolute Gasteiger partial charge is 0.266 e. The zero-order chi connectivity index (χ0) is 21.8. The van der Waals surface area contributed by atoms with Gasteiger partial charge in [-0.25, -0.2) is 23.1 Å². The van der Waals surface area contributed by atoms with E-state index in [2.05, 4.69) is 14.9 Å². The summed E-state index contributed by atoms with van der Waals surface area (Å²) in [5.74, 6) is -0.153. The number of morpholine rings is 1. The number of aromatic nitrogens is 2. The first kappa shape index (κ1) is 21.0. The molecule has 3 heterocycles. The first-order valence-electron chi connectivity index (χ1n) is 10.6. The zero-order valence-corrected chi connectivity index (χ0v) is 18.0. The van der Waals surface area contributed by atoms with E-state index in [1.54, 1.807) is 6.07 Å². The largest absolute Gasteiger partial charge is 0.379 e. The Hall–Kier alpha value is -1.90. The highest BCUT2D eigenvalue weighted by Gasteiger charge is 2.53. The molecule has 166 valence electrons. The second kappa shape index (κ2) is 7.90. The number of anilines is 1. The molecule has 2 aromatic rings. The number of halogens is 4. The summed E-state index contributed by atoms with van der Waals surface area (Å²) in [6, 6.07) is 4.56. The fourth-order valence-electron chi connectivity index (χ4n) is 4.97. The van der Waals surface area contributed by atoms with Gasteiger partial charge in [-0.3, -0.25) is 4.90 Å². The van der Waals surface area contributed by atoms with Crippen molar-refractivity contribution < 1.29 is 17.9 Å². The van der Waals surface area contributed by atoms with Crippen LogP contribution in [-0.4, -0.2) is 53.8 Å². The van der Waals surface area contributed by atoms with Crippen LogP contribution in [0.25, 0.3) is 0 Å². The van der Waals surface area contributed by atoms with E-state index in [0.29, 0.717) is 18.4 Å². The van der Waals surface area contributed by atoms with Crippen molar-refractivity contribution in [1.29, 1.82) is 0 Å². The predicted octanol–water partition coefficient (Wildman–Crippen LogP) is 4.13. The number of hydrogen-bond acceptors (Lipinski definition) is 5. The summed E-state index contributed by atoms with van der Waals surface area (Å²) in [6.45, 7) is 5.60. The van der Waals surface area contributed by atoms with Crippen LogP contribution < -0.4 is 4.90 Å². The summed E-state index contributed by atoms with van der Waals surface area (Å²) < 4.78 is 46.8. The third kappa shape index (κ3) is 3.68. The molecule has 9 heteroatoms. The van der Waals surface area contributed by atoms with E-state index in [1.807, 2.05) is 11.8 Å². The molecule has 2 fully saturated rings. The molecule has 2 saturated heterocycles. The summed E-state index contributed by atoms with van der Waals surface area (Å²) in [5, 5.41) is 0.162. The number of rotatable bonds is 4. The number of ether oxygens (including phenoxy) is 1. The Balaban J connectivity index is 1.47. The van der Waals surface area contributed by atoms with E-state index >= 15 is 0 Å². The van der Waals surface area contributed by atoms with Gasteiger partial charge in [0, 0.05) is 36.8 Å². The number of benzene rings is 1. The van der Waals surface area contributed by atoms with Crippen LogP contribution in [0.1, 0.15) is 42.2 Å². The summed E-state index contributed by atoms with van der Waals surface area (Å²) in [4.78, 5) is 13.3. The third-order valence-corrected chi connectivity index (χ3v) is 6.99. The summed E-state index contributed by atoms with van der Waals surface area (Å²) in [7, 11) is 0. The van der Waals surface area contributed by atoms with Crippen molar-refractivity contribution in [2.24, 2.45) is 0 Å². The Morgan fingerprint density at radius 3 is 2.74 bits per heavy atom. The van der Waals surface area contributed by atoms with E-state index < -0.39 is 23.3 Å². The lowest BCUT2D eigenvalue weighted by Crippen LogP contribution is -2.46. The molecule has 1 aliphatic carbocycles. The SMILES string of the molecule is C[C@]1(c2cccc(C(F)F)c2F)CN1c1nc(Cl)nc2c1C[C@@H](N1CCOCC1)CC2. The van der Waals surface area contributed by atoms with Gasteiger partial charge in [-0.05, 0) is 37.8 Å². The molecule has 1 aromatic heterocycles. The maximum atomic E-state index is 14.9. The molecule has 0 radical (unpaired) electrons. The minimum atomic E-state index is -2.86. The lowest BCUT2D eigenvalue weighted by atomic mass is 9.90. The monoisotopic (exact) mass is 452 g/mol. The van der Waals surface area contributed by atoms with Crippen molar-refractivity contribution >= 4 is 17.4 Å². The molecule has 0 N–H and O–H groups in total. The van der Waals surface area contributed by atoms with Crippen LogP contribution in [-0.2, 0) is 23.1 Å². The van der Waals surface area contributed by atoms with Gasteiger partial charge in [-0.15, -0.1) is 0 Å². The molecule has 5 nitrogen and oxygen atoms in total. The van der Waals surface area contributed by atoms with Gasteiger partial charge in [-0.1, -0.05) is 18.2 Å². The first-order chi connectivity index (χ1) is 14.9. The molecule has 0 saturated carbocycles. The van der Waals surface area contributed by atoms with Crippen molar-refractivity contribution in [1.82, 2.24) is 14.9 Å². The highest BCUT2D eigenvalue weighted by molar-refractivity contribution is 6.28.